The van der Waals surface area contributed by atoms with Gasteiger partial charge in [-0.3, -0.25) is 9.59 Å². The van der Waals surface area contributed by atoms with E-state index in [1.54, 1.807) is 6.07 Å². The van der Waals surface area contributed by atoms with Gasteiger partial charge in [0.15, 0.2) is 0 Å². The Morgan fingerprint density at radius 2 is 2.23 bits per heavy atom. The van der Waals surface area contributed by atoms with Crippen molar-refractivity contribution in [3.8, 4) is 0 Å². The molecule has 1 aromatic rings. The molecular weight excluding hydrogens is 298 g/mol. The third-order valence-corrected chi connectivity index (χ3v) is 5.59. The van der Waals surface area contributed by atoms with E-state index in [2.05, 4.69) is 12.2 Å². The van der Waals surface area contributed by atoms with E-state index in [4.69, 9.17) is 5.73 Å². The number of carbonyl (C=O) groups is 2. The molecule has 0 aliphatic carbocycles. The number of hydrogen-bond acceptors (Lipinski definition) is 4. The van der Waals surface area contributed by atoms with E-state index in [-0.39, 0.29) is 23.1 Å². The predicted octanol–water partition coefficient (Wildman–Crippen LogP) is 1.93. The number of benzene rings is 1. The van der Waals surface area contributed by atoms with Gasteiger partial charge in [0.2, 0.25) is 5.91 Å². The second-order valence-corrected chi connectivity index (χ2v) is 7.49. The lowest BCUT2D eigenvalue weighted by molar-refractivity contribution is -0.115. The molecule has 6 heteroatoms. The van der Waals surface area contributed by atoms with Crippen LogP contribution in [0.2, 0.25) is 0 Å². The molecule has 1 fully saturated rings. The fourth-order valence-electron chi connectivity index (χ4n) is 3.10. The molecule has 0 saturated carbocycles. The molecule has 1 saturated heterocycles. The number of amides is 2. The summed E-state index contributed by atoms with van der Waals surface area (Å²) in [5.74, 6) is 0.386. The molecule has 22 heavy (non-hydrogen) atoms. The lowest BCUT2D eigenvalue weighted by atomic mass is 10.1. The van der Waals surface area contributed by atoms with Gasteiger partial charge in [-0.1, -0.05) is 0 Å². The summed E-state index contributed by atoms with van der Waals surface area (Å²) in [4.78, 5) is 27.4. The molecule has 2 amide bonds. The number of nitrogens with zero attached hydrogens (tertiary/aromatic N) is 1. The Labute approximate surface area is 134 Å². The second kappa shape index (κ2) is 5.93. The van der Waals surface area contributed by atoms with Crippen LogP contribution in [0.25, 0.3) is 0 Å². The van der Waals surface area contributed by atoms with Crippen molar-refractivity contribution in [1.29, 1.82) is 0 Å². The van der Waals surface area contributed by atoms with E-state index in [1.165, 1.54) is 11.8 Å². The lowest BCUT2D eigenvalue weighted by Crippen LogP contribution is -2.34. The second-order valence-electron chi connectivity index (χ2n) is 6.10. The summed E-state index contributed by atoms with van der Waals surface area (Å²) in [5, 5.41) is 2.78. The van der Waals surface area contributed by atoms with Crippen molar-refractivity contribution in [3.63, 3.8) is 0 Å². The summed E-state index contributed by atoms with van der Waals surface area (Å²) in [6.07, 6.45) is 0.956. The van der Waals surface area contributed by atoms with Gasteiger partial charge in [-0.05, 0) is 50.9 Å². The van der Waals surface area contributed by atoms with Crippen LogP contribution in [0.1, 0.15) is 30.6 Å². The number of carbonyl (C=O) groups excluding carboxylic acids is 2. The van der Waals surface area contributed by atoms with Crippen LogP contribution in [-0.4, -0.2) is 41.1 Å². The Kier molecular flexibility index (Phi) is 4.14. The zero-order valence-electron chi connectivity index (χ0n) is 12.8. The number of nitrogens with two attached hydrogens (primary N) is 1. The fourth-order valence-corrected chi connectivity index (χ4v) is 4.03. The third kappa shape index (κ3) is 2.73. The molecule has 0 aromatic heterocycles. The Morgan fingerprint density at radius 1 is 1.45 bits per heavy atom. The van der Waals surface area contributed by atoms with Gasteiger partial charge >= 0.3 is 0 Å². The fraction of sp³-hybridized carbons (Fsp3) is 0.500. The molecule has 5 nitrogen and oxygen atoms in total. The van der Waals surface area contributed by atoms with Crippen molar-refractivity contribution in [2.24, 2.45) is 11.7 Å². The first kappa shape index (κ1) is 15.4. The zero-order valence-corrected chi connectivity index (χ0v) is 13.7. The summed E-state index contributed by atoms with van der Waals surface area (Å²) in [5.41, 5.74) is 7.09. The van der Waals surface area contributed by atoms with Crippen LogP contribution < -0.4 is 11.1 Å². The molecule has 3 N–H and O–H groups in total. The van der Waals surface area contributed by atoms with Gasteiger partial charge in [0, 0.05) is 23.0 Å². The number of hydrogen-bond donors (Lipinski definition) is 2. The van der Waals surface area contributed by atoms with Crippen molar-refractivity contribution in [2.75, 3.05) is 18.4 Å². The molecule has 3 atom stereocenters. The summed E-state index contributed by atoms with van der Waals surface area (Å²) in [6, 6.07) is 5.77. The van der Waals surface area contributed by atoms with E-state index < -0.39 is 0 Å². The van der Waals surface area contributed by atoms with Gasteiger partial charge < -0.3 is 16.0 Å². The SMILES string of the molecule is CC1Sc2ccc(C(=O)N3CC(CN)CC3C)cc2NC1=O. The first-order chi connectivity index (χ1) is 10.5. The number of likely N-dealkylation sites (tertiary alicyclic amines) is 1. The molecule has 0 spiro atoms. The third-order valence-electron chi connectivity index (χ3n) is 4.41. The number of anilines is 1. The summed E-state index contributed by atoms with van der Waals surface area (Å²) >= 11 is 1.52. The van der Waals surface area contributed by atoms with Crippen LogP contribution in [0.15, 0.2) is 23.1 Å². The first-order valence-corrected chi connectivity index (χ1v) is 8.50. The minimum atomic E-state index is -0.0991. The molecule has 3 rings (SSSR count). The van der Waals surface area contributed by atoms with E-state index in [1.807, 2.05) is 24.0 Å². The van der Waals surface area contributed by atoms with E-state index in [0.29, 0.717) is 24.6 Å². The van der Waals surface area contributed by atoms with Gasteiger partial charge in [-0.25, -0.2) is 0 Å². The van der Waals surface area contributed by atoms with Crippen molar-refractivity contribution in [3.05, 3.63) is 23.8 Å². The highest BCUT2D eigenvalue weighted by Crippen LogP contribution is 2.36. The predicted molar refractivity (Wildman–Crippen MR) is 88.1 cm³/mol. The van der Waals surface area contributed by atoms with Crippen molar-refractivity contribution >= 4 is 29.3 Å². The van der Waals surface area contributed by atoms with Crippen LogP contribution in [0.3, 0.4) is 0 Å². The minimum Gasteiger partial charge on any atom is -0.336 e. The highest BCUT2D eigenvalue weighted by Gasteiger charge is 2.32. The highest BCUT2D eigenvalue weighted by molar-refractivity contribution is 8.00. The molecular formula is C16H21N3O2S. The van der Waals surface area contributed by atoms with Gasteiger partial charge in [-0.15, -0.1) is 11.8 Å². The van der Waals surface area contributed by atoms with E-state index in [0.717, 1.165) is 17.0 Å². The van der Waals surface area contributed by atoms with Gasteiger partial charge in [-0.2, -0.15) is 0 Å². The molecule has 118 valence electrons. The monoisotopic (exact) mass is 319 g/mol. The summed E-state index contributed by atoms with van der Waals surface area (Å²) in [7, 11) is 0. The van der Waals surface area contributed by atoms with Crippen LogP contribution in [0.5, 0.6) is 0 Å². The topological polar surface area (TPSA) is 75.4 Å². The number of thioether (sulfide) groups is 1. The molecule has 1 aromatic carbocycles. The standard InChI is InChI=1S/C16H21N3O2S/c1-9-5-11(7-17)8-19(9)16(21)12-3-4-14-13(6-12)18-15(20)10(2)22-14/h3-4,6,9-11H,5,7-8,17H2,1-2H3,(H,18,20). The number of nitrogens with one attached hydrogen (secondary N) is 1. The van der Waals surface area contributed by atoms with Crippen LogP contribution >= 0.6 is 11.8 Å². The first-order valence-electron chi connectivity index (χ1n) is 7.62. The maximum absolute atomic E-state index is 12.7. The average Bonchev–Trinajstić information content (AvgIpc) is 2.88. The maximum Gasteiger partial charge on any atom is 0.254 e. The van der Waals surface area contributed by atoms with Gasteiger partial charge in [0.1, 0.15) is 0 Å². The largest absolute Gasteiger partial charge is 0.336 e. The summed E-state index contributed by atoms with van der Waals surface area (Å²) < 4.78 is 0. The van der Waals surface area contributed by atoms with Crippen molar-refractivity contribution in [1.82, 2.24) is 4.90 Å². The quantitative estimate of drug-likeness (QED) is 0.873. The smallest absolute Gasteiger partial charge is 0.254 e. The normalized spacial score (nSPS) is 27.5. The van der Waals surface area contributed by atoms with Crippen molar-refractivity contribution < 1.29 is 9.59 Å². The van der Waals surface area contributed by atoms with Crippen molar-refractivity contribution in [2.45, 2.75) is 36.5 Å². The Hall–Kier alpha value is -1.53. The Bertz CT molecular complexity index is 619. The van der Waals surface area contributed by atoms with E-state index >= 15 is 0 Å². The van der Waals surface area contributed by atoms with Crippen LogP contribution in [0.4, 0.5) is 5.69 Å². The highest BCUT2D eigenvalue weighted by atomic mass is 32.2. The Balaban J connectivity index is 1.82. The average molecular weight is 319 g/mol. The minimum absolute atomic E-state index is 0.0140. The molecule has 3 unspecified atom stereocenters. The molecule has 0 radical (unpaired) electrons. The lowest BCUT2D eigenvalue weighted by Gasteiger charge is -2.24. The zero-order chi connectivity index (χ0) is 15.9. The van der Waals surface area contributed by atoms with Gasteiger partial charge in [0.25, 0.3) is 5.91 Å². The summed E-state index contributed by atoms with van der Waals surface area (Å²) in [6.45, 7) is 5.26. The molecule has 2 aliphatic heterocycles. The number of fused-ring (bicyclic) bond motifs is 1. The van der Waals surface area contributed by atoms with Gasteiger partial charge in [0.05, 0.1) is 10.9 Å². The molecule has 0 bridgehead atoms. The molecule has 2 heterocycles. The van der Waals surface area contributed by atoms with Crippen LogP contribution in [-0.2, 0) is 4.79 Å². The van der Waals surface area contributed by atoms with Crippen LogP contribution in [0, 0.1) is 5.92 Å². The van der Waals surface area contributed by atoms with E-state index in [9.17, 15) is 9.59 Å². The number of rotatable bonds is 2. The Morgan fingerprint density at radius 3 is 2.91 bits per heavy atom. The molecule has 2 aliphatic rings. The maximum atomic E-state index is 12.7.